The van der Waals surface area contributed by atoms with Gasteiger partial charge < -0.3 is 10.4 Å². The zero-order chi connectivity index (χ0) is 11.0. The van der Waals surface area contributed by atoms with Gasteiger partial charge in [-0.15, -0.1) is 6.58 Å². The molecule has 0 aliphatic carbocycles. The standard InChI is InChI=1S/C11H21NO2/c1-4-7-8-10(14)12-11(5-2,6-3)9-13/h4,13H,1,5-9H2,2-3H3,(H,12,14). The molecule has 0 aliphatic heterocycles. The lowest BCUT2D eigenvalue weighted by Crippen LogP contribution is -2.50. The molecular formula is C11H21NO2. The third-order valence-corrected chi connectivity index (χ3v) is 2.64. The molecule has 2 N–H and O–H groups in total. The number of hydrogen-bond donors (Lipinski definition) is 2. The lowest BCUT2D eigenvalue weighted by molar-refractivity contribution is -0.123. The second-order valence-corrected chi connectivity index (χ2v) is 3.52. The minimum atomic E-state index is -0.432. The lowest BCUT2D eigenvalue weighted by Gasteiger charge is -2.30. The summed E-state index contributed by atoms with van der Waals surface area (Å²) >= 11 is 0. The molecule has 0 spiro atoms. The molecule has 0 saturated carbocycles. The molecule has 82 valence electrons. The molecule has 0 aromatic rings. The van der Waals surface area contributed by atoms with Crippen LogP contribution >= 0.6 is 0 Å². The van der Waals surface area contributed by atoms with Gasteiger partial charge >= 0.3 is 0 Å². The summed E-state index contributed by atoms with van der Waals surface area (Å²) in [6.07, 6.45) is 4.35. The zero-order valence-corrected chi connectivity index (χ0v) is 9.18. The highest BCUT2D eigenvalue weighted by Crippen LogP contribution is 2.14. The van der Waals surface area contributed by atoms with E-state index >= 15 is 0 Å². The van der Waals surface area contributed by atoms with Crippen LogP contribution in [0.25, 0.3) is 0 Å². The van der Waals surface area contributed by atoms with Crippen molar-refractivity contribution in [2.24, 2.45) is 0 Å². The number of nitrogens with one attached hydrogen (secondary N) is 1. The Morgan fingerprint density at radius 1 is 1.50 bits per heavy atom. The maximum atomic E-state index is 11.4. The van der Waals surface area contributed by atoms with Crippen LogP contribution < -0.4 is 5.32 Å². The molecule has 3 nitrogen and oxygen atoms in total. The van der Waals surface area contributed by atoms with Gasteiger partial charge in [0.2, 0.25) is 5.91 Å². The Morgan fingerprint density at radius 2 is 2.07 bits per heavy atom. The van der Waals surface area contributed by atoms with Gasteiger partial charge in [0, 0.05) is 6.42 Å². The lowest BCUT2D eigenvalue weighted by atomic mass is 9.93. The summed E-state index contributed by atoms with van der Waals surface area (Å²) < 4.78 is 0. The minimum Gasteiger partial charge on any atom is -0.394 e. The highest BCUT2D eigenvalue weighted by atomic mass is 16.3. The minimum absolute atomic E-state index is 0.000169. The highest BCUT2D eigenvalue weighted by Gasteiger charge is 2.26. The van der Waals surface area contributed by atoms with Crippen LogP contribution in [0.1, 0.15) is 39.5 Å². The van der Waals surface area contributed by atoms with Crippen LogP contribution in [0, 0.1) is 0 Å². The van der Waals surface area contributed by atoms with Crippen LogP contribution in [0.2, 0.25) is 0 Å². The molecule has 0 heterocycles. The van der Waals surface area contributed by atoms with E-state index < -0.39 is 5.54 Å². The maximum Gasteiger partial charge on any atom is 0.220 e. The molecule has 0 fully saturated rings. The second kappa shape index (κ2) is 6.60. The van der Waals surface area contributed by atoms with Crippen molar-refractivity contribution in [3.05, 3.63) is 12.7 Å². The summed E-state index contributed by atoms with van der Waals surface area (Å²) in [5.74, 6) is -0.0114. The van der Waals surface area contributed by atoms with E-state index in [4.69, 9.17) is 0 Å². The Balaban J connectivity index is 4.14. The largest absolute Gasteiger partial charge is 0.394 e. The molecule has 0 saturated heterocycles. The van der Waals surface area contributed by atoms with E-state index in [9.17, 15) is 9.90 Å². The highest BCUT2D eigenvalue weighted by molar-refractivity contribution is 5.76. The van der Waals surface area contributed by atoms with Crippen LogP contribution in [0.5, 0.6) is 0 Å². The van der Waals surface area contributed by atoms with Crippen molar-refractivity contribution in [3.63, 3.8) is 0 Å². The summed E-state index contributed by atoms with van der Waals surface area (Å²) in [6.45, 7) is 7.49. The van der Waals surface area contributed by atoms with E-state index in [1.54, 1.807) is 6.08 Å². The molecule has 0 aliphatic rings. The predicted molar refractivity (Wildman–Crippen MR) is 58.0 cm³/mol. The molecule has 0 aromatic heterocycles. The SMILES string of the molecule is C=CCCC(=O)NC(CC)(CC)CO. The van der Waals surface area contributed by atoms with Crippen LogP contribution in [0.3, 0.4) is 0 Å². The molecule has 3 heteroatoms. The maximum absolute atomic E-state index is 11.4. The van der Waals surface area contributed by atoms with Crippen molar-refractivity contribution < 1.29 is 9.90 Å². The molecule has 0 atom stereocenters. The zero-order valence-electron chi connectivity index (χ0n) is 9.18. The van der Waals surface area contributed by atoms with Crippen molar-refractivity contribution >= 4 is 5.91 Å². The molecule has 14 heavy (non-hydrogen) atoms. The molecule has 0 rings (SSSR count). The first kappa shape index (κ1) is 13.2. The summed E-state index contributed by atoms with van der Waals surface area (Å²) in [4.78, 5) is 11.4. The van der Waals surface area contributed by atoms with Crippen molar-refractivity contribution in [3.8, 4) is 0 Å². The average Bonchev–Trinajstić information content (AvgIpc) is 2.23. The molecule has 0 aromatic carbocycles. The number of aliphatic hydroxyl groups excluding tert-OH is 1. The van der Waals surface area contributed by atoms with E-state index in [2.05, 4.69) is 11.9 Å². The summed E-state index contributed by atoms with van der Waals surface area (Å²) in [5, 5.41) is 12.1. The quantitative estimate of drug-likeness (QED) is 0.612. The van der Waals surface area contributed by atoms with Gasteiger partial charge in [0.25, 0.3) is 0 Å². The van der Waals surface area contributed by atoms with E-state index in [-0.39, 0.29) is 12.5 Å². The first-order valence-electron chi connectivity index (χ1n) is 5.17. The van der Waals surface area contributed by atoms with Crippen molar-refractivity contribution in [1.29, 1.82) is 0 Å². The van der Waals surface area contributed by atoms with Crippen molar-refractivity contribution in [1.82, 2.24) is 5.32 Å². The van der Waals surface area contributed by atoms with Crippen LogP contribution in [0.15, 0.2) is 12.7 Å². The van der Waals surface area contributed by atoms with Gasteiger partial charge in [-0.05, 0) is 19.3 Å². The van der Waals surface area contributed by atoms with Gasteiger partial charge in [-0.25, -0.2) is 0 Å². The first-order chi connectivity index (χ1) is 6.64. The van der Waals surface area contributed by atoms with Crippen LogP contribution in [0.4, 0.5) is 0 Å². The van der Waals surface area contributed by atoms with E-state index in [0.717, 1.165) is 12.8 Å². The fourth-order valence-corrected chi connectivity index (χ4v) is 1.28. The third kappa shape index (κ3) is 3.92. The van der Waals surface area contributed by atoms with E-state index in [0.29, 0.717) is 12.8 Å². The van der Waals surface area contributed by atoms with E-state index in [1.165, 1.54) is 0 Å². The molecule has 0 bridgehead atoms. The third-order valence-electron chi connectivity index (χ3n) is 2.64. The predicted octanol–water partition coefficient (Wildman–Crippen LogP) is 1.62. The number of hydrogen-bond acceptors (Lipinski definition) is 2. The van der Waals surface area contributed by atoms with Crippen LogP contribution in [-0.4, -0.2) is 23.2 Å². The molecule has 1 amide bonds. The fourth-order valence-electron chi connectivity index (χ4n) is 1.28. The fraction of sp³-hybridized carbons (Fsp3) is 0.727. The first-order valence-corrected chi connectivity index (χ1v) is 5.17. The Hall–Kier alpha value is -0.830. The van der Waals surface area contributed by atoms with Gasteiger partial charge in [-0.1, -0.05) is 19.9 Å². The number of carbonyl (C=O) groups excluding carboxylic acids is 1. The Morgan fingerprint density at radius 3 is 2.43 bits per heavy atom. The Labute approximate surface area is 86.2 Å². The summed E-state index contributed by atoms with van der Waals surface area (Å²) in [7, 11) is 0. The van der Waals surface area contributed by atoms with Crippen molar-refractivity contribution in [2.75, 3.05) is 6.61 Å². The smallest absolute Gasteiger partial charge is 0.220 e. The summed E-state index contributed by atoms with van der Waals surface area (Å²) in [6, 6.07) is 0. The monoisotopic (exact) mass is 199 g/mol. The Kier molecular flexibility index (Phi) is 6.21. The number of carbonyl (C=O) groups is 1. The average molecular weight is 199 g/mol. The van der Waals surface area contributed by atoms with E-state index in [1.807, 2.05) is 13.8 Å². The van der Waals surface area contributed by atoms with Gasteiger partial charge in [-0.2, -0.15) is 0 Å². The number of rotatable bonds is 7. The number of aliphatic hydroxyl groups is 1. The second-order valence-electron chi connectivity index (χ2n) is 3.52. The molecule has 0 radical (unpaired) electrons. The van der Waals surface area contributed by atoms with Crippen molar-refractivity contribution in [2.45, 2.75) is 45.1 Å². The van der Waals surface area contributed by atoms with Gasteiger partial charge in [-0.3, -0.25) is 4.79 Å². The van der Waals surface area contributed by atoms with Crippen LogP contribution in [-0.2, 0) is 4.79 Å². The number of amides is 1. The number of allylic oxidation sites excluding steroid dienone is 1. The molecular weight excluding hydrogens is 178 g/mol. The molecule has 0 unspecified atom stereocenters. The topological polar surface area (TPSA) is 49.3 Å². The normalized spacial score (nSPS) is 11.1. The van der Waals surface area contributed by atoms with Gasteiger partial charge in [0.1, 0.15) is 0 Å². The van der Waals surface area contributed by atoms with Gasteiger partial charge in [0.05, 0.1) is 12.1 Å². The summed E-state index contributed by atoms with van der Waals surface area (Å²) in [5.41, 5.74) is -0.432. The van der Waals surface area contributed by atoms with Gasteiger partial charge in [0.15, 0.2) is 0 Å². The Bertz CT molecular complexity index is 177.